The summed E-state index contributed by atoms with van der Waals surface area (Å²) in [6.45, 7) is 2.02. The van der Waals surface area contributed by atoms with E-state index in [2.05, 4.69) is 5.32 Å². The lowest BCUT2D eigenvalue weighted by Crippen LogP contribution is -2.46. The van der Waals surface area contributed by atoms with Crippen LogP contribution in [0.4, 0.5) is 5.69 Å². The van der Waals surface area contributed by atoms with E-state index < -0.39 is 0 Å². The number of amides is 1. The minimum atomic E-state index is -0.212. The van der Waals surface area contributed by atoms with Crippen molar-refractivity contribution >= 4 is 28.8 Å². The van der Waals surface area contributed by atoms with Crippen LogP contribution in [0.5, 0.6) is 0 Å². The molecule has 0 aromatic heterocycles. The first-order valence-electron chi connectivity index (χ1n) is 6.73. The minimum absolute atomic E-state index is 0.0292. The topological polar surface area (TPSA) is 87.8 Å². The van der Waals surface area contributed by atoms with Crippen molar-refractivity contribution in [2.75, 3.05) is 38.2 Å². The molecule has 1 heterocycles. The van der Waals surface area contributed by atoms with Crippen molar-refractivity contribution in [1.29, 1.82) is 0 Å². The molecule has 0 radical (unpaired) electrons. The van der Waals surface area contributed by atoms with Crippen LogP contribution in [-0.2, 0) is 9.53 Å². The first kappa shape index (κ1) is 15.8. The molecule has 2 rings (SSSR count). The molecular formula is C14H19N3O3S. The van der Waals surface area contributed by atoms with Crippen LogP contribution in [0.25, 0.3) is 0 Å². The predicted octanol–water partition coefficient (Wildman–Crippen LogP) is -0.0476. The lowest BCUT2D eigenvalue weighted by atomic mass is 10.2. The number of rotatable bonds is 5. The van der Waals surface area contributed by atoms with Gasteiger partial charge in [-0.3, -0.25) is 9.69 Å². The molecule has 7 heteroatoms. The van der Waals surface area contributed by atoms with E-state index in [9.17, 15) is 4.79 Å². The van der Waals surface area contributed by atoms with Crippen molar-refractivity contribution in [3.05, 3.63) is 29.8 Å². The lowest BCUT2D eigenvalue weighted by Gasteiger charge is -2.31. The average molecular weight is 309 g/mol. The van der Waals surface area contributed by atoms with Gasteiger partial charge in [-0.05, 0) is 24.3 Å². The molecule has 1 aromatic carbocycles. The average Bonchev–Trinajstić information content (AvgIpc) is 2.47. The van der Waals surface area contributed by atoms with Crippen LogP contribution in [0.3, 0.4) is 0 Å². The van der Waals surface area contributed by atoms with Crippen LogP contribution in [0.1, 0.15) is 5.56 Å². The number of benzene rings is 1. The van der Waals surface area contributed by atoms with Gasteiger partial charge in [0.15, 0.2) is 0 Å². The molecular weight excluding hydrogens is 290 g/mol. The molecule has 1 atom stereocenters. The third kappa shape index (κ3) is 4.75. The van der Waals surface area contributed by atoms with Crippen LogP contribution >= 0.6 is 12.2 Å². The van der Waals surface area contributed by atoms with Crippen molar-refractivity contribution in [1.82, 2.24) is 4.90 Å². The van der Waals surface area contributed by atoms with Gasteiger partial charge in [0.2, 0.25) is 5.91 Å². The zero-order valence-corrected chi connectivity index (χ0v) is 12.4. The van der Waals surface area contributed by atoms with Gasteiger partial charge in [-0.25, -0.2) is 0 Å². The normalized spacial score (nSPS) is 19.2. The monoisotopic (exact) mass is 309 g/mol. The number of aliphatic hydroxyl groups excluding tert-OH is 1. The second-order valence-electron chi connectivity index (χ2n) is 4.90. The quantitative estimate of drug-likeness (QED) is 0.661. The van der Waals surface area contributed by atoms with E-state index in [1.807, 2.05) is 4.90 Å². The summed E-state index contributed by atoms with van der Waals surface area (Å²) in [6, 6.07) is 7.08. The third-order valence-corrected chi connectivity index (χ3v) is 3.48. The molecule has 21 heavy (non-hydrogen) atoms. The fourth-order valence-corrected chi connectivity index (χ4v) is 2.29. The fourth-order valence-electron chi connectivity index (χ4n) is 2.16. The Labute approximate surface area is 128 Å². The summed E-state index contributed by atoms with van der Waals surface area (Å²) < 4.78 is 5.35. The highest BCUT2D eigenvalue weighted by Gasteiger charge is 2.21. The highest BCUT2D eigenvalue weighted by molar-refractivity contribution is 7.80. The summed E-state index contributed by atoms with van der Waals surface area (Å²) in [5, 5.41) is 11.9. The van der Waals surface area contributed by atoms with Crippen LogP contribution < -0.4 is 11.1 Å². The first-order chi connectivity index (χ1) is 10.1. The largest absolute Gasteiger partial charge is 0.394 e. The van der Waals surface area contributed by atoms with Crippen molar-refractivity contribution in [3.8, 4) is 0 Å². The van der Waals surface area contributed by atoms with E-state index in [1.165, 1.54) is 0 Å². The van der Waals surface area contributed by atoms with Crippen molar-refractivity contribution < 1.29 is 14.6 Å². The van der Waals surface area contributed by atoms with E-state index in [1.54, 1.807) is 24.3 Å². The Hall–Kier alpha value is -1.54. The molecule has 0 spiro atoms. The lowest BCUT2D eigenvalue weighted by molar-refractivity contribution is -0.120. The molecule has 114 valence electrons. The number of aliphatic hydroxyl groups is 1. The number of nitrogens with two attached hydrogens (primary N) is 1. The van der Waals surface area contributed by atoms with Gasteiger partial charge < -0.3 is 20.9 Å². The number of morpholine rings is 1. The summed E-state index contributed by atoms with van der Waals surface area (Å²) in [5.74, 6) is -0.100. The summed E-state index contributed by atoms with van der Waals surface area (Å²) in [5.41, 5.74) is 6.99. The maximum Gasteiger partial charge on any atom is 0.238 e. The van der Waals surface area contributed by atoms with Gasteiger partial charge in [-0.15, -0.1) is 0 Å². The van der Waals surface area contributed by atoms with Crippen LogP contribution in [0.2, 0.25) is 0 Å². The van der Waals surface area contributed by atoms with E-state index in [4.69, 9.17) is 27.8 Å². The zero-order chi connectivity index (χ0) is 15.2. The molecule has 1 fully saturated rings. The highest BCUT2D eigenvalue weighted by Crippen LogP contribution is 2.10. The van der Waals surface area contributed by atoms with Gasteiger partial charge in [0.25, 0.3) is 0 Å². The maximum absolute atomic E-state index is 12.0. The minimum Gasteiger partial charge on any atom is -0.394 e. The number of anilines is 1. The van der Waals surface area contributed by atoms with Gasteiger partial charge in [0.1, 0.15) is 4.99 Å². The Balaban J connectivity index is 1.85. The smallest absolute Gasteiger partial charge is 0.238 e. The SMILES string of the molecule is NC(=S)c1ccc(NC(=O)CN2CCOC(CO)C2)cc1. The molecule has 1 saturated heterocycles. The summed E-state index contributed by atoms with van der Waals surface area (Å²) >= 11 is 4.88. The van der Waals surface area contributed by atoms with Gasteiger partial charge in [-0.2, -0.15) is 0 Å². The predicted molar refractivity (Wildman–Crippen MR) is 84.2 cm³/mol. The fraction of sp³-hybridized carbons (Fsp3) is 0.429. The van der Waals surface area contributed by atoms with E-state index in [-0.39, 0.29) is 25.2 Å². The Bertz CT molecular complexity index is 507. The van der Waals surface area contributed by atoms with Gasteiger partial charge in [0.05, 0.1) is 25.9 Å². The highest BCUT2D eigenvalue weighted by atomic mass is 32.1. The van der Waals surface area contributed by atoms with Gasteiger partial charge >= 0.3 is 0 Å². The van der Waals surface area contributed by atoms with E-state index >= 15 is 0 Å². The molecule has 0 bridgehead atoms. The number of hydrogen-bond donors (Lipinski definition) is 3. The second-order valence-corrected chi connectivity index (χ2v) is 5.34. The van der Waals surface area contributed by atoms with E-state index in [0.717, 1.165) is 5.56 Å². The van der Waals surface area contributed by atoms with Crippen molar-refractivity contribution in [2.24, 2.45) is 5.73 Å². The number of carbonyl (C=O) groups is 1. The Morgan fingerprint density at radius 1 is 1.48 bits per heavy atom. The second kappa shape index (κ2) is 7.46. The van der Waals surface area contributed by atoms with Crippen LogP contribution in [0.15, 0.2) is 24.3 Å². The molecule has 4 N–H and O–H groups in total. The molecule has 1 aromatic rings. The number of nitrogens with one attached hydrogen (secondary N) is 1. The number of ether oxygens (including phenoxy) is 1. The molecule has 6 nitrogen and oxygen atoms in total. The third-order valence-electron chi connectivity index (χ3n) is 3.25. The van der Waals surface area contributed by atoms with Gasteiger partial charge in [0, 0.05) is 24.3 Å². The number of carbonyl (C=O) groups excluding carboxylic acids is 1. The molecule has 1 aliphatic rings. The standard InChI is InChI=1S/C14H19N3O3S/c15-14(21)10-1-3-11(4-2-10)16-13(19)8-17-5-6-20-12(7-17)9-18/h1-4,12,18H,5-9H2,(H2,15,21)(H,16,19). The Morgan fingerprint density at radius 2 is 2.19 bits per heavy atom. The number of nitrogens with zero attached hydrogens (tertiary/aromatic N) is 1. The Morgan fingerprint density at radius 3 is 2.81 bits per heavy atom. The molecule has 0 saturated carbocycles. The summed E-state index contributed by atoms with van der Waals surface area (Å²) in [6.07, 6.45) is -0.212. The van der Waals surface area contributed by atoms with Crippen molar-refractivity contribution in [2.45, 2.75) is 6.10 Å². The summed E-state index contributed by atoms with van der Waals surface area (Å²) in [4.78, 5) is 14.3. The maximum atomic E-state index is 12.0. The molecule has 1 aliphatic heterocycles. The van der Waals surface area contributed by atoms with Gasteiger partial charge in [-0.1, -0.05) is 12.2 Å². The Kier molecular flexibility index (Phi) is 5.63. The molecule has 0 aliphatic carbocycles. The molecule has 1 amide bonds. The first-order valence-corrected chi connectivity index (χ1v) is 7.14. The summed E-state index contributed by atoms with van der Waals surface area (Å²) in [7, 11) is 0. The van der Waals surface area contributed by atoms with Crippen LogP contribution in [0, 0.1) is 0 Å². The number of hydrogen-bond acceptors (Lipinski definition) is 5. The molecule has 1 unspecified atom stereocenters. The number of thiocarbonyl (C=S) groups is 1. The van der Waals surface area contributed by atoms with E-state index in [0.29, 0.717) is 30.4 Å². The zero-order valence-electron chi connectivity index (χ0n) is 11.6. The van der Waals surface area contributed by atoms with Crippen LogP contribution in [-0.4, -0.2) is 59.9 Å². The van der Waals surface area contributed by atoms with Crippen molar-refractivity contribution in [3.63, 3.8) is 0 Å².